The second kappa shape index (κ2) is 7.10. The minimum atomic E-state index is -0.531. The maximum Gasteiger partial charge on any atom is 0.253 e. The quantitative estimate of drug-likeness (QED) is 0.750. The van der Waals surface area contributed by atoms with Crippen molar-refractivity contribution in [2.45, 2.75) is 12.5 Å². The first-order valence-corrected chi connectivity index (χ1v) is 8.57. The first-order chi connectivity index (χ1) is 13.1. The van der Waals surface area contributed by atoms with Crippen molar-refractivity contribution in [3.8, 4) is 11.3 Å². The fourth-order valence-corrected chi connectivity index (χ4v) is 3.08. The van der Waals surface area contributed by atoms with E-state index < -0.39 is 5.82 Å². The third kappa shape index (κ3) is 3.76. The number of anilines is 1. The first kappa shape index (κ1) is 17.1. The van der Waals surface area contributed by atoms with Gasteiger partial charge >= 0.3 is 0 Å². The molecular formula is C18H18FN7O. The van der Waals surface area contributed by atoms with Gasteiger partial charge in [0.2, 0.25) is 5.95 Å². The van der Waals surface area contributed by atoms with Gasteiger partial charge in [0.15, 0.2) is 0 Å². The summed E-state index contributed by atoms with van der Waals surface area (Å²) in [6, 6.07) is 2.95. The highest BCUT2D eigenvalue weighted by Crippen LogP contribution is 2.21. The molecule has 1 amide bonds. The third-order valence-corrected chi connectivity index (χ3v) is 4.42. The van der Waals surface area contributed by atoms with Crippen molar-refractivity contribution >= 4 is 11.9 Å². The van der Waals surface area contributed by atoms with Gasteiger partial charge in [0.1, 0.15) is 5.82 Å². The molecule has 1 saturated heterocycles. The molecule has 3 aromatic rings. The molecule has 1 atom stereocenters. The Morgan fingerprint density at radius 3 is 3.00 bits per heavy atom. The van der Waals surface area contributed by atoms with Gasteiger partial charge in [-0.3, -0.25) is 14.5 Å². The van der Waals surface area contributed by atoms with Crippen LogP contribution in [0.5, 0.6) is 0 Å². The first-order valence-electron chi connectivity index (χ1n) is 8.57. The van der Waals surface area contributed by atoms with Crippen LogP contribution in [0.15, 0.2) is 43.1 Å². The van der Waals surface area contributed by atoms with Crippen LogP contribution in [-0.4, -0.2) is 49.8 Å². The summed E-state index contributed by atoms with van der Waals surface area (Å²) in [5.41, 5.74) is 1.93. The number of aromatic nitrogens is 5. The summed E-state index contributed by atoms with van der Waals surface area (Å²) in [4.78, 5) is 27.0. The van der Waals surface area contributed by atoms with Crippen LogP contribution in [0, 0.1) is 5.82 Å². The number of pyridine rings is 1. The van der Waals surface area contributed by atoms with E-state index in [1.165, 1.54) is 12.3 Å². The number of nitrogens with zero attached hydrogens (tertiary/aromatic N) is 6. The third-order valence-electron chi connectivity index (χ3n) is 4.42. The van der Waals surface area contributed by atoms with Gasteiger partial charge in [-0.05, 0) is 18.6 Å². The zero-order chi connectivity index (χ0) is 18.8. The minimum absolute atomic E-state index is 0.0635. The molecule has 27 heavy (non-hydrogen) atoms. The van der Waals surface area contributed by atoms with Crippen molar-refractivity contribution in [2.75, 3.05) is 18.0 Å². The average molecular weight is 367 g/mol. The number of halogens is 1. The number of amides is 1. The van der Waals surface area contributed by atoms with Crippen LogP contribution >= 0.6 is 0 Å². The maximum atomic E-state index is 13.2. The lowest BCUT2D eigenvalue weighted by Gasteiger charge is -2.17. The Morgan fingerprint density at radius 2 is 2.22 bits per heavy atom. The number of nitrogens with one attached hydrogen (secondary N) is 1. The standard InChI is InChI=1S/C18H18FN7O/c1-25-10-13(8-22-25)16-2-4-21-18(24-16)26-5-3-15(11-26)23-17(27)12-6-14(19)9-20-7-12/h2,4,6-10,15H,3,5,11H2,1H3,(H,23,27). The van der Waals surface area contributed by atoms with E-state index >= 15 is 0 Å². The molecule has 1 aliphatic rings. The molecule has 8 nitrogen and oxygen atoms in total. The lowest BCUT2D eigenvalue weighted by molar-refractivity contribution is 0.0939. The monoisotopic (exact) mass is 367 g/mol. The number of aryl methyl sites for hydroxylation is 1. The van der Waals surface area contributed by atoms with Crippen LogP contribution in [-0.2, 0) is 7.05 Å². The maximum absolute atomic E-state index is 13.2. The average Bonchev–Trinajstić information content (AvgIpc) is 3.31. The van der Waals surface area contributed by atoms with Gasteiger partial charge in [0.25, 0.3) is 5.91 Å². The molecule has 0 bridgehead atoms. The van der Waals surface area contributed by atoms with Gasteiger partial charge in [0.05, 0.1) is 23.7 Å². The molecule has 1 unspecified atom stereocenters. The van der Waals surface area contributed by atoms with E-state index in [1.807, 2.05) is 24.2 Å². The van der Waals surface area contributed by atoms with Crippen LogP contribution in [0.3, 0.4) is 0 Å². The second-order valence-corrected chi connectivity index (χ2v) is 6.44. The molecule has 9 heteroatoms. The van der Waals surface area contributed by atoms with Crippen molar-refractivity contribution in [1.29, 1.82) is 0 Å². The number of carbonyl (C=O) groups is 1. The van der Waals surface area contributed by atoms with Crippen molar-refractivity contribution in [2.24, 2.45) is 7.05 Å². The fourth-order valence-electron chi connectivity index (χ4n) is 3.08. The van der Waals surface area contributed by atoms with E-state index in [9.17, 15) is 9.18 Å². The second-order valence-electron chi connectivity index (χ2n) is 6.44. The van der Waals surface area contributed by atoms with E-state index in [4.69, 9.17) is 0 Å². The van der Waals surface area contributed by atoms with Crippen LogP contribution in [0.25, 0.3) is 11.3 Å². The predicted octanol–water partition coefficient (Wildman–Crippen LogP) is 1.42. The van der Waals surface area contributed by atoms with Crippen LogP contribution < -0.4 is 10.2 Å². The van der Waals surface area contributed by atoms with Gasteiger partial charge < -0.3 is 10.2 Å². The Bertz CT molecular complexity index is 974. The zero-order valence-corrected chi connectivity index (χ0v) is 14.7. The van der Waals surface area contributed by atoms with Gasteiger partial charge in [0, 0.05) is 50.3 Å². The Balaban J connectivity index is 1.43. The molecule has 1 aliphatic heterocycles. The molecule has 0 radical (unpaired) electrons. The van der Waals surface area contributed by atoms with E-state index in [-0.39, 0.29) is 17.5 Å². The number of hydrogen-bond donors (Lipinski definition) is 1. The van der Waals surface area contributed by atoms with Crippen molar-refractivity contribution < 1.29 is 9.18 Å². The summed E-state index contributed by atoms with van der Waals surface area (Å²) in [5, 5.41) is 7.08. The lowest BCUT2D eigenvalue weighted by Crippen LogP contribution is -2.37. The molecule has 3 aromatic heterocycles. The minimum Gasteiger partial charge on any atom is -0.347 e. The van der Waals surface area contributed by atoms with Crippen LogP contribution in [0.4, 0.5) is 10.3 Å². The summed E-state index contributed by atoms with van der Waals surface area (Å²) in [7, 11) is 1.85. The van der Waals surface area contributed by atoms with Crippen molar-refractivity contribution in [3.63, 3.8) is 0 Å². The normalized spacial score (nSPS) is 16.5. The van der Waals surface area contributed by atoms with Crippen molar-refractivity contribution in [3.05, 3.63) is 54.5 Å². The molecule has 1 fully saturated rings. The Hall–Kier alpha value is -3.36. The molecule has 1 N–H and O–H groups in total. The molecule has 4 rings (SSSR count). The molecular weight excluding hydrogens is 349 g/mol. The molecule has 0 aromatic carbocycles. The Morgan fingerprint density at radius 1 is 1.33 bits per heavy atom. The van der Waals surface area contributed by atoms with Gasteiger partial charge in [-0.25, -0.2) is 14.4 Å². The molecule has 4 heterocycles. The topological polar surface area (TPSA) is 88.8 Å². The van der Waals surface area contributed by atoms with E-state index in [2.05, 4.69) is 25.4 Å². The van der Waals surface area contributed by atoms with Gasteiger partial charge in [-0.1, -0.05) is 0 Å². The highest BCUT2D eigenvalue weighted by Gasteiger charge is 2.26. The highest BCUT2D eigenvalue weighted by atomic mass is 19.1. The smallest absolute Gasteiger partial charge is 0.253 e. The predicted molar refractivity (Wildman–Crippen MR) is 96.5 cm³/mol. The lowest BCUT2D eigenvalue weighted by atomic mass is 10.2. The highest BCUT2D eigenvalue weighted by molar-refractivity contribution is 5.94. The zero-order valence-electron chi connectivity index (χ0n) is 14.7. The summed E-state index contributed by atoms with van der Waals surface area (Å²) < 4.78 is 15.0. The van der Waals surface area contributed by atoms with E-state index in [1.54, 1.807) is 17.1 Å². The van der Waals surface area contributed by atoms with E-state index in [0.29, 0.717) is 12.5 Å². The Kier molecular flexibility index (Phi) is 4.49. The van der Waals surface area contributed by atoms with Crippen molar-refractivity contribution in [1.82, 2.24) is 30.0 Å². The summed E-state index contributed by atoms with van der Waals surface area (Å²) in [5.74, 6) is -0.254. The number of hydrogen-bond acceptors (Lipinski definition) is 6. The Labute approximate surface area is 155 Å². The fraction of sp³-hybridized carbons (Fsp3) is 0.278. The molecule has 0 spiro atoms. The largest absolute Gasteiger partial charge is 0.347 e. The number of carbonyl (C=O) groups excluding carboxylic acids is 1. The number of rotatable bonds is 4. The molecule has 138 valence electrons. The molecule has 0 saturated carbocycles. The van der Waals surface area contributed by atoms with Crippen LogP contribution in [0.1, 0.15) is 16.8 Å². The summed E-state index contributed by atoms with van der Waals surface area (Å²) >= 11 is 0. The van der Waals surface area contributed by atoms with Crippen LogP contribution in [0.2, 0.25) is 0 Å². The van der Waals surface area contributed by atoms with Gasteiger partial charge in [-0.15, -0.1) is 0 Å². The summed E-state index contributed by atoms with van der Waals surface area (Å²) in [6.45, 7) is 1.31. The van der Waals surface area contributed by atoms with Gasteiger partial charge in [-0.2, -0.15) is 5.10 Å². The summed E-state index contributed by atoms with van der Waals surface area (Å²) in [6.07, 6.45) is 8.55. The van der Waals surface area contributed by atoms with E-state index in [0.717, 1.165) is 30.4 Å². The molecule has 0 aliphatic carbocycles. The SMILES string of the molecule is Cn1cc(-c2ccnc(N3CCC(NC(=O)c4cncc(F)c4)C3)n2)cn1.